The number of hydrogen-bond acceptors (Lipinski definition) is 1. The van der Waals surface area contributed by atoms with E-state index in [4.69, 9.17) is 11.6 Å². The van der Waals surface area contributed by atoms with Gasteiger partial charge < -0.3 is 5.32 Å². The molecule has 1 nitrogen and oxygen atoms in total. The molecule has 1 unspecified atom stereocenters. The fraction of sp³-hybridized carbons (Fsp3) is 0.200. The van der Waals surface area contributed by atoms with Crippen LogP contribution in [0.1, 0.15) is 24.9 Å². The van der Waals surface area contributed by atoms with E-state index in [1.54, 1.807) is 0 Å². The van der Waals surface area contributed by atoms with Crippen LogP contribution in [0.3, 0.4) is 0 Å². The smallest absolute Gasteiger partial charge is 0.0648 e. The molecule has 2 rings (SSSR count). The third-order valence-electron chi connectivity index (χ3n) is 2.87. The number of benzene rings is 2. The molecule has 0 saturated carbocycles. The number of halogens is 2. The standard InChI is InChI=1S/C15H15BrClN/c1-2-14(11-6-4-3-5-7-11)18-15-9-8-12(16)10-13(15)17/h3-10,14,18H,2H2,1H3. The van der Waals surface area contributed by atoms with Gasteiger partial charge in [-0.1, -0.05) is 64.8 Å². The lowest BCUT2D eigenvalue weighted by Crippen LogP contribution is -2.09. The quantitative estimate of drug-likeness (QED) is 0.764. The van der Waals surface area contributed by atoms with E-state index in [9.17, 15) is 0 Å². The van der Waals surface area contributed by atoms with Crippen LogP contribution < -0.4 is 5.32 Å². The topological polar surface area (TPSA) is 12.0 Å². The van der Waals surface area contributed by atoms with Gasteiger partial charge in [0.05, 0.1) is 16.8 Å². The van der Waals surface area contributed by atoms with Gasteiger partial charge in [-0.25, -0.2) is 0 Å². The maximum Gasteiger partial charge on any atom is 0.0648 e. The zero-order valence-corrected chi connectivity index (χ0v) is 12.5. The third-order valence-corrected chi connectivity index (χ3v) is 3.68. The summed E-state index contributed by atoms with van der Waals surface area (Å²) in [7, 11) is 0. The first-order valence-corrected chi connectivity index (χ1v) is 7.14. The van der Waals surface area contributed by atoms with Crippen LogP contribution in [0, 0.1) is 0 Å². The summed E-state index contributed by atoms with van der Waals surface area (Å²) >= 11 is 9.64. The predicted octanol–water partition coefficient (Wildman–Crippen LogP) is 5.67. The van der Waals surface area contributed by atoms with Gasteiger partial charge in [-0.3, -0.25) is 0 Å². The summed E-state index contributed by atoms with van der Waals surface area (Å²) in [5, 5.41) is 4.22. The van der Waals surface area contributed by atoms with Crippen molar-refractivity contribution < 1.29 is 0 Å². The molecular weight excluding hydrogens is 310 g/mol. The van der Waals surface area contributed by atoms with Crippen LogP contribution >= 0.6 is 27.5 Å². The van der Waals surface area contributed by atoms with Gasteiger partial charge in [0.2, 0.25) is 0 Å². The second-order valence-corrected chi connectivity index (χ2v) is 5.46. The first-order chi connectivity index (χ1) is 8.70. The maximum absolute atomic E-state index is 6.23. The molecule has 1 atom stereocenters. The van der Waals surface area contributed by atoms with Crippen molar-refractivity contribution in [2.45, 2.75) is 19.4 Å². The molecule has 3 heteroatoms. The lowest BCUT2D eigenvalue weighted by molar-refractivity contribution is 0.749. The number of nitrogens with one attached hydrogen (secondary N) is 1. The minimum absolute atomic E-state index is 0.282. The molecule has 0 bridgehead atoms. The Morgan fingerprint density at radius 3 is 2.50 bits per heavy atom. The molecule has 0 spiro atoms. The van der Waals surface area contributed by atoms with Crippen LogP contribution in [0.5, 0.6) is 0 Å². The highest BCUT2D eigenvalue weighted by molar-refractivity contribution is 9.10. The molecule has 1 N–H and O–H groups in total. The molecule has 2 aromatic rings. The van der Waals surface area contributed by atoms with Crippen molar-refractivity contribution in [3.63, 3.8) is 0 Å². The molecular formula is C15H15BrClN. The van der Waals surface area contributed by atoms with Gasteiger partial charge in [-0.15, -0.1) is 0 Å². The van der Waals surface area contributed by atoms with Crippen molar-refractivity contribution in [1.29, 1.82) is 0 Å². The Hall–Kier alpha value is -0.990. The Bertz CT molecular complexity index is 513. The second kappa shape index (κ2) is 6.26. The van der Waals surface area contributed by atoms with Crippen molar-refractivity contribution in [1.82, 2.24) is 0 Å². The highest BCUT2D eigenvalue weighted by Gasteiger charge is 2.10. The van der Waals surface area contributed by atoms with E-state index in [0.29, 0.717) is 0 Å². The van der Waals surface area contributed by atoms with E-state index in [1.807, 2.05) is 24.3 Å². The summed E-state index contributed by atoms with van der Waals surface area (Å²) in [5.41, 5.74) is 2.24. The molecule has 0 amide bonds. The van der Waals surface area contributed by atoms with Crippen LogP contribution in [0.4, 0.5) is 5.69 Å². The first kappa shape index (κ1) is 13.4. The SMILES string of the molecule is CCC(Nc1ccc(Br)cc1Cl)c1ccccc1. The van der Waals surface area contributed by atoms with Crippen molar-refractivity contribution >= 4 is 33.2 Å². The van der Waals surface area contributed by atoms with Crippen molar-refractivity contribution in [3.05, 3.63) is 63.6 Å². The molecule has 0 radical (unpaired) electrons. The summed E-state index contributed by atoms with van der Waals surface area (Å²) in [6.45, 7) is 2.16. The van der Waals surface area contributed by atoms with Gasteiger partial charge in [-0.2, -0.15) is 0 Å². The molecule has 2 aromatic carbocycles. The lowest BCUT2D eigenvalue weighted by Gasteiger charge is -2.19. The van der Waals surface area contributed by atoms with Gasteiger partial charge >= 0.3 is 0 Å². The summed E-state index contributed by atoms with van der Waals surface area (Å²) in [5.74, 6) is 0. The fourth-order valence-electron chi connectivity index (χ4n) is 1.90. The van der Waals surface area contributed by atoms with E-state index in [1.165, 1.54) is 5.56 Å². The first-order valence-electron chi connectivity index (χ1n) is 5.97. The molecule has 0 aliphatic carbocycles. The molecule has 94 valence electrons. The van der Waals surface area contributed by atoms with Gasteiger partial charge in [0.15, 0.2) is 0 Å². The van der Waals surface area contributed by atoms with E-state index >= 15 is 0 Å². The lowest BCUT2D eigenvalue weighted by atomic mass is 10.0. The normalized spacial score (nSPS) is 12.2. The van der Waals surface area contributed by atoms with Crippen LogP contribution in [0.2, 0.25) is 5.02 Å². The zero-order valence-electron chi connectivity index (χ0n) is 10.2. The summed E-state index contributed by atoms with van der Waals surface area (Å²) < 4.78 is 0.991. The van der Waals surface area contributed by atoms with Crippen LogP contribution in [0.15, 0.2) is 53.0 Å². The second-order valence-electron chi connectivity index (χ2n) is 4.14. The fourth-order valence-corrected chi connectivity index (χ4v) is 2.63. The molecule has 0 aliphatic rings. The number of rotatable bonds is 4. The monoisotopic (exact) mass is 323 g/mol. The molecule has 0 saturated heterocycles. The minimum Gasteiger partial charge on any atom is -0.377 e. The Morgan fingerprint density at radius 1 is 1.17 bits per heavy atom. The van der Waals surface area contributed by atoms with Crippen LogP contribution in [-0.4, -0.2) is 0 Å². The van der Waals surface area contributed by atoms with E-state index in [0.717, 1.165) is 21.6 Å². The maximum atomic E-state index is 6.23. The van der Waals surface area contributed by atoms with Crippen molar-refractivity contribution in [2.75, 3.05) is 5.32 Å². The Labute approximate surface area is 121 Å². The Kier molecular flexibility index (Phi) is 4.67. The average molecular weight is 325 g/mol. The Balaban J connectivity index is 2.21. The molecule has 0 fully saturated rings. The van der Waals surface area contributed by atoms with Gasteiger partial charge in [0.25, 0.3) is 0 Å². The largest absolute Gasteiger partial charge is 0.377 e. The van der Waals surface area contributed by atoms with Crippen molar-refractivity contribution in [2.24, 2.45) is 0 Å². The summed E-state index contributed by atoms with van der Waals surface area (Å²) in [4.78, 5) is 0. The highest BCUT2D eigenvalue weighted by atomic mass is 79.9. The number of hydrogen-bond donors (Lipinski definition) is 1. The van der Waals surface area contributed by atoms with Crippen LogP contribution in [0.25, 0.3) is 0 Å². The van der Waals surface area contributed by atoms with E-state index in [-0.39, 0.29) is 6.04 Å². The Morgan fingerprint density at radius 2 is 1.89 bits per heavy atom. The average Bonchev–Trinajstić information content (AvgIpc) is 2.39. The number of anilines is 1. The molecule has 0 aliphatic heterocycles. The summed E-state index contributed by atoms with van der Waals surface area (Å²) in [6.07, 6.45) is 1.01. The van der Waals surface area contributed by atoms with Crippen molar-refractivity contribution in [3.8, 4) is 0 Å². The minimum atomic E-state index is 0.282. The van der Waals surface area contributed by atoms with Crippen LogP contribution in [-0.2, 0) is 0 Å². The van der Waals surface area contributed by atoms with Gasteiger partial charge in [0.1, 0.15) is 0 Å². The third kappa shape index (κ3) is 3.27. The van der Waals surface area contributed by atoms with E-state index < -0.39 is 0 Å². The molecule has 0 heterocycles. The molecule has 18 heavy (non-hydrogen) atoms. The van der Waals surface area contributed by atoms with Gasteiger partial charge in [-0.05, 0) is 30.2 Å². The molecule has 0 aromatic heterocycles. The summed E-state index contributed by atoms with van der Waals surface area (Å²) in [6, 6.07) is 16.6. The van der Waals surface area contributed by atoms with Gasteiger partial charge in [0, 0.05) is 4.47 Å². The highest BCUT2D eigenvalue weighted by Crippen LogP contribution is 2.30. The predicted molar refractivity (Wildman–Crippen MR) is 82.2 cm³/mol. The van der Waals surface area contributed by atoms with E-state index in [2.05, 4.69) is 52.4 Å². The zero-order chi connectivity index (χ0) is 13.0.